The van der Waals surface area contributed by atoms with Gasteiger partial charge in [-0.25, -0.2) is 0 Å². The van der Waals surface area contributed by atoms with Crippen LogP contribution in [0.1, 0.15) is 17.2 Å². The molecule has 0 aliphatic carbocycles. The largest absolute Gasteiger partial charge is 0.389 e. The minimum atomic E-state index is -0.991. The van der Waals surface area contributed by atoms with Crippen molar-refractivity contribution in [2.45, 2.75) is 19.1 Å². The van der Waals surface area contributed by atoms with Gasteiger partial charge in [0, 0.05) is 24.4 Å². The molecule has 5 nitrogen and oxygen atoms in total. The van der Waals surface area contributed by atoms with Gasteiger partial charge in [0.25, 0.3) is 0 Å². The number of aryl methyl sites for hydroxylation is 1. The summed E-state index contributed by atoms with van der Waals surface area (Å²) >= 11 is 0. The van der Waals surface area contributed by atoms with Crippen LogP contribution in [-0.4, -0.2) is 34.9 Å². The van der Waals surface area contributed by atoms with Gasteiger partial charge in [0.2, 0.25) is 5.56 Å². The molecule has 0 saturated heterocycles. The summed E-state index contributed by atoms with van der Waals surface area (Å²) in [6.07, 6.45) is -0.449. The molecule has 0 amide bonds. The van der Waals surface area contributed by atoms with Crippen LogP contribution in [0.5, 0.6) is 0 Å². The number of aromatic nitrogens is 1. The van der Waals surface area contributed by atoms with Gasteiger partial charge < -0.3 is 20.5 Å². The third-order valence-electron chi connectivity index (χ3n) is 2.27. The molecule has 0 aromatic carbocycles. The van der Waals surface area contributed by atoms with Crippen LogP contribution in [0.4, 0.5) is 0 Å². The van der Waals surface area contributed by atoms with Gasteiger partial charge in [-0.1, -0.05) is 0 Å². The summed E-state index contributed by atoms with van der Waals surface area (Å²) < 4.78 is 0. The van der Waals surface area contributed by atoms with Crippen molar-refractivity contribution in [1.29, 1.82) is 0 Å². The minimum Gasteiger partial charge on any atom is -0.389 e. The van der Waals surface area contributed by atoms with E-state index in [4.69, 9.17) is 0 Å². The first-order chi connectivity index (χ1) is 7.06. The van der Waals surface area contributed by atoms with Crippen LogP contribution in [0.25, 0.3) is 0 Å². The summed E-state index contributed by atoms with van der Waals surface area (Å²) in [5, 5.41) is 22.1. The molecule has 0 fully saturated rings. The highest BCUT2D eigenvalue weighted by atomic mass is 16.3. The molecule has 5 heteroatoms. The number of nitrogens with one attached hydrogen (secondary N) is 2. The second-order valence-corrected chi connectivity index (χ2v) is 3.51. The Hall–Kier alpha value is -1.17. The van der Waals surface area contributed by atoms with Gasteiger partial charge in [-0.05, 0) is 19.5 Å². The summed E-state index contributed by atoms with van der Waals surface area (Å²) in [7, 11) is 1.69. The molecule has 0 bridgehead atoms. The van der Waals surface area contributed by atoms with Crippen LogP contribution >= 0.6 is 0 Å². The Kier molecular flexibility index (Phi) is 4.02. The van der Waals surface area contributed by atoms with Gasteiger partial charge in [0.05, 0.1) is 6.10 Å². The van der Waals surface area contributed by atoms with E-state index in [0.29, 0.717) is 17.7 Å². The highest BCUT2D eigenvalue weighted by molar-refractivity contribution is 5.24. The Labute approximate surface area is 87.8 Å². The average Bonchev–Trinajstić information content (AvgIpc) is 2.17. The molecule has 2 unspecified atom stereocenters. The average molecular weight is 212 g/mol. The third-order valence-corrected chi connectivity index (χ3v) is 2.27. The molecule has 15 heavy (non-hydrogen) atoms. The van der Waals surface area contributed by atoms with Crippen molar-refractivity contribution in [3.8, 4) is 0 Å². The lowest BCUT2D eigenvalue weighted by Gasteiger charge is -2.18. The maximum atomic E-state index is 10.9. The van der Waals surface area contributed by atoms with Crippen molar-refractivity contribution in [2.75, 3.05) is 13.6 Å². The molecular formula is C10H16N2O3. The van der Waals surface area contributed by atoms with E-state index in [1.54, 1.807) is 14.0 Å². The zero-order chi connectivity index (χ0) is 11.4. The van der Waals surface area contributed by atoms with Crippen molar-refractivity contribution in [2.24, 2.45) is 0 Å². The van der Waals surface area contributed by atoms with Gasteiger partial charge in [-0.2, -0.15) is 0 Å². The number of likely N-dealkylation sites (N-methyl/N-ethyl adjacent to an activating group) is 1. The van der Waals surface area contributed by atoms with Crippen molar-refractivity contribution in [3.63, 3.8) is 0 Å². The number of pyridine rings is 1. The minimum absolute atomic E-state index is 0.216. The topological polar surface area (TPSA) is 85.3 Å². The molecule has 0 spiro atoms. The SMILES string of the molecule is CNCC(O)C(O)c1c[nH]c(=O)cc1C. The summed E-state index contributed by atoms with van der Waals surface area (Å²) in [4.78, 5) is 13.4. The monoisotopic (exact) mass is 212 g/mol. The van der Waals surface area contributed by atoms with Crippen LogP contribution in [0.3, 0.4) is 0 Å². The Balaban J connectivity index is 2.90. The fraction of sp³-hybridized carbons (Fsp3) is 0.500. The van der Waals surface area contributed by atoms with Crippen molar-refractivity contribution in [3.05, 3.63) is 33.7 Å². The van der Waals surface area contributed by atoms with Gasteiger partial charge in [-0.15, -0.1) is 0 Å². The van der Waals surface area contributed by atoms with Crippen molar-refractivity contribution in [1.82, 2.24) is 10.3 Å². The van der Waals surface area contributed by atoms with E-state index in [0.717, 1.165) is 0 Å². The summed E-state index contributed by atoms with van der Waals surface area (Å²) in [6.45, 7) is 2.01. The fourth-order valence-electron chi connectivity index (χ4n) is 1.43. The molecule has 1 rings (SSSR count). The molecule has 1 aromatic rings. The third kappa shape index (κ3) is 2.89. The number of hydrogen-bond donors (Lipinski definition) is 4. The van der Waals surface area contributed by atoms with Crippen LogP contribution < -0.4 is 10.9 Å². The molecule has 1 aromatic heterocycles. The normalized spacial score (nSPS) is 14.9. The Morgan fingerprint density at radius 1 is 1.53 bits per heavy atom. The van der Waals surface area contributed by atoms with E-state index in [-0.39, 0.29) is 5.56 Å². The van der Waals surface area contributed by atoms with E-state index < -0.39 is 12.2 Å². The van der Waals surface area contributed by atoms with Crippen LogP contribution in [-0.2, 0) is 0 Å². The van der Waals surface area contributed by atoms with Gasteiger partial charge in [0.1, 0.15) is 6.10 Å². The number of hydrogen-bond acceptors (Lipinski definition) is 4. The quantitative estimate of drug-likeness (QED) is 0.531. The first-order valence-corrected chi connectivity index (χ1v) is 4.76. The Morgan fingerprint density at radius 2 is 2.20 bits per heavy atom. The molecule has 2 atom stereocenters. The molecule has 0 radical (unpaired) electrons. The first-order valence-electron chi connectivity index (χ1n) is 4.76. The lowest BCUT2D eigenvalue weighted by Crippen LogP contribution is -2.30. The van der Waals surface area contributed by atoms with Crippen LogP contribution in [0.15, 0.2) is 17.1 Å². The second kappa shape index (κ2) is 5.06. The van der Waals surface area contributed by atoms with Gasteiger partial charge in [-0.3, -0.25) is 4.79 Å². The van der Waals surface area contributed by atoms with Gasteiger partial charge in [0.15, 0.2) is 0 Å². The maximum absolute atomic E-state index is 10.9. The highest BCUT2D eigenvalue weighted by Crippen LogP contribution is 2.18. The number of aliphatic hydroxyl groups is 2. The highest BCUT2D eigenvalue weighted by Gasteiger charge is 2.19. The number of aliphatic hydroxyl groups excluding tert-OH is 2. The molecular weight excluding hydrogens is 196 g/mol. The van der Waals surface area contributed by atoms with Crippen molar-refractivity contribution >= 4 is 0 Å². The van der Waals surface area contributed by atoms with E-state index >= 15 is 0 Å². The van der Waals surface area contributed by atoms with E-state index in [9.17, 15) is 15.0 Å². The second-order valence-electron chi connectivity index (χ2n) is 3.51. The standard InChI is InChI=1S/C10H16N2O3/c1-6-3-9(14)12-4-7(6)10(15)8(13)5-11-2/h3-4,8,10-11,13,15H,5H2,1-2H3,(H,12,14). The molecule has 4 N–H and O–H groups in total. The molecule has 0 aliphatic rings. The fourth-order valence-corrected chi connectivity index (χ4v) is 1.43. The summed E-state index contributed by atoms with van der Waals surface area (Å²) in [5.74, 6) is 0. The van der Waals surface area contributed by atoms with Crippen molar-refractivity contribution < 1.29 is 10.2 Å². The zero-order valence-electron chi connectivity index (χ0n) is 8.82. The molecule has 0 saturated carbocycles. The Bertz CT molecular complexity index is 375. The van der Waals surface area contributed by atoms with E-state index in [1.807, 2.05) is 0 Å². The number of H-pyrrole nitrogens is 1. The molecule has 1 heterocycles. The predicted molar refractivity (Wildman–Crippen MR) is 56.7 cm³/mol. The molecule has 84 valence electrons. The zero-order valence-corrected chi connectivity index (χ0v) is 8.82. The lowest BCUT2D eigenvalue weighted by molar-refractivity contribution is 0.0196. The number of aromatic amines is 1. The van der Waals surface area contributed by atoms with E-state index in [1.165, 1.54) is 12.3 Å². The van der Waals surface area contributed by atoms with Crippen LogP contribution in [0, 0.1) is 6.92 Å². The maximum Gasteiger partial charge on any atom is 0.248 e. The van der Waals surface area contributed by atoms with Crippen LogP contribution in [0.2, 0.25) is 0 Å². The smallest absolute Gasteiger partial charge is 0.248 e. The van der Waals surface area contributed by atoms with Gasteiger partial charge >= 0.3 is 0 Å². The lowest BCUT2D eigenvalue weighted by atomic mass is 10.0. The predicted octanol–water partition coefficient (Wildman–Crippen LogP) is -0.703. The van der Waals surface area contributed by atoms with E-state index in [2.05, 4.69) is 10.3 Å². The first kappa shape index (κ1) is 11.9. The summed E-state index contributed by atoms with van der Waals surface area (Å²) in [6, 6.07) is 1.39. The summed E-state index contributed by atoms with van der Waals surface area (Å²) in [5.41, 5.74) is 0.991. The Morgan fingerprint density at radius 3 is 2.73 bits per heavy atom. The number of rotatable bonds is 4. The molecule has 0 aliphatic heterocycles.